The van der Waals surface area contributed by atoms with E-state index in [1.165, 1.54) is 18.4 Å². The van der Waals surface area contributed by atoms with Crippen LogP contribution in [0.3, 0.4) is 0 Å². The molecule has 0 bridgehead atoms. The van der Waals surface area contributed by atoms with Crippen molar-refractivity contribution in [2.45, 2.75) is 64.7 Å². The van der Waals surface area contributed by atoms with Gasteiger partial charge in [0, 0.05) is 23.9 Å². The van der Waals surface area contributed by atoms with Crippen LogP contribution >= 0.6 is 11.3 Å². The van der Waals surface area contributed by atoms with E-state index in [0.717, 1.165) is 43.4 Å². The maximum Gasteiger partial charge on any atom is 0.350 e. The predicted molar refractivity (Wildman–Crippen MR) is 125 cm³/mol. The van der Waals surface area contributed by atoms with Crippen LogP contribution in [0.25, 0.3) is 0 Å². The summed E-state index contributed by atoms with van der Waals surface area (Å²) in [6, 6.07) is 1.92. The summed E-state index contributed by atoms with van der Waals surface area (Å²) in [5.74, 6) is -0.761. The van der Waals surface area contributed by atoms with Crippen molar-refractivity contribution in [1.29, 1.82) is 0 Å². The maximum atomic E-state index is 13.7. The first-order valence-electron chi connectivity index (χ1n) is 11.7. The Balaban J connectivity index is 1.99. The van der Waals surface area contributed by atoms with Gasteiger partial charge in [-0.3, -0.25) is 9.59 Å². The fraction of sp³-hybridized carbons (Fsp3) is 0.708. The molecular formula is C24H36N2O5S. The largest absolute Gasteiger partial charge is 0.465 e. The van der Waals surface area contributed by atoms with E-state index in [1.54, 1.807) is 9.80 Å². The number of thiophene rings is 1. The normalized spacial score (nSPS) is 17.8. The Hall–Kier alpha value is -1.93. The van der Waals surface area contributed by atoms with E-state index >= 15 is 0 Å². The van der Waals surface area contributed by atoms with Crippen molar-refractivity contribution in [2.24, 2.45) is 5.92 Å². The zero-order valence-corrected chi connectivity index (χ0v) is 20.6. The number of nitrogens with zero attached hydrogens (tertiary/aromatic N) is 2. The number of ether oxygens (including phenoxy) is 2. The summed E-state index contributed by atoms with van der Waals surface area (Å²) < 4.78 is 10.4. The summed E-state index contributed by atoms with van der Waals surface area (Å²) in [5, 5.41) is 0. The second-order valence-electron chi connectivity index (χ2n) is 9.31. The number of morpholine rings is 1. The Bertz CT molecular complexity index is 822. The molecule has 0 radical (unpaired) electrons. The van der Waals surface area contributed by atoms with Gasteiger partial charge >= 0.3 is 5.97 Å². The minimum absolute atomic E-state index is 0.0601. The molecule has 1 saturated carbocycles. The van der Waals surface area contributed by atoms with Crippen molar-refractivity contribution in [1.82, 2.24) is 4.90 Å². The number of esters is 1. The molecule has 2 heterocycles. The summed E-state index contributed by atoms with van der Waals surface area (Å²) in [5.41, 5.74) is 0.356. The number of hydrogen-bond donors (Lipinski definition) is 0. The van der Waals surface area contributed by atoms with Gasteiger partial charge in [-0.25, -0.2) is 4.79 Å². The van der Waals surface area contributed by atoms with Crippen molar-refractivity contribution >= 4 is 34.8 Å². The van der Waals surface area contributed by atoms with Gasteiger partial charge in [-0.2, -0.15) is 0 Å². The van der Waals surface area contributed by atoms with E-state index in [9.17, 15) is 14.4 Å². The lowest BCUT2D eigenvalue weighted by Gasteiger charge is -2.32. The summed E-state index contributed by atoms with van der Waals surface area (Å²) in [4.78, 5) is 44.2. The third kappa shape index (κ3) is 5.52. The molecule has 2 aliphatic rings. The van der Waals surface area contributed by atoms with E-state index in [-0.39, 0.29) is 29.7 Å². The summed E-state index contributed by atoms with van der Waals surface area (Å²) in [6.07, 6.45) is 5.71. The SMILES string of the molecule is CCC(C)(C)c1cc(N(CC(=O)N2CCOCC2)C(=O)C2CCCCC2)c(C(=O)OC)s1. The van der Waals surface area contributed by atoms with Gasteiger partial charge < -0.3 is 19.3 Å². The molecule has 1 aliphatic heterocycles. The number of amides is 2. The van der Waals surface area contributed by atoms with Gasteiger partial charge in [-0.15, -0.1) is 11.3 Å². The first-order valence-corrected chi connectivity index (χ1v) is 12.5. The maximum absolute atomic E-state index is 13.7. The van der Waals surface area contributed by atoms with Crippen LogP contribution in [0.2, 0.25) is 0 Å². The zero-order chi connectivity index (χ0) is 23.3. The van der Waals surface area contributed by atoms with Crippen LogP contribution in [0.15, 0.2) is 6.07 Å². The van der Waals surface area contributed by atoms with Crippen LogP contribution in [-0.4, -0.2) is 62.6 Å². The number of carbonyl (C=O) groups excluding carboxylic acids is 3. The first kappa shape index (κ1) is 24.7. The molecule has 1 aromatic rings. The second-order valence-corrected chi connectivity index (χ2v) is 10.4. The molecule has 0 spiro atoms. The molecule has 0 N–H and O–H groups in total. The Morgan fingerprint density at radius 2 is 1.84 bits per heavy atom. The third-order valence-corrected chi connectivity index (χ3v) is 8.27. The van der Waals surface area contributed by atoms with Crippen molar-refractivity contribution in [3.63, 3.8) is 0 Å². The van der Waals surface area contributed by atoms with Gasteiger partial charge in [0.15, 0.2) is 0 Å². The number of hydrogen-bond acceptors (Lipinski definition) is 6. The highest BCUT2D eigenvalue weighted by Gasteiger charge is 2.35. The second kappa shape index (κ2) is 10.8. The smallest absolute Gasteiger partial charge is 0.350 e. The van der Waals surface area contributed by atoms with Crippen molar-refractivity contribution in [3.8, 4) is 0 Å². The lowest BCUT2D eigenvalue weighted by molar-refractivity contribution is -0.135. The van der Waals surface area contributed by atoms with Crippen LogP contribution in [0.4, 0.5) is 5.69 Å². The molecule has 0 unspecified atom stereocenters. The van der Waals surface area contributed by atoms with E-state index in [1.807, 2.05) is 6.07 Å². The molecule has 1 saturated heterocycles. The summed E-state index contributed by atoms with van der Waals surface area (Å²) in [7, 11) is 1.35. The third-order valence-electron chi connectivity index (χ3n) is 6.80. The molecule has 1 aliphatic carbocycles. The van der Waals surface area contributed by atoms with Crippen LogP contribution < -0.4 is 4.90 Å². The molecule has 0 atom stereocenters. The Morgan fingerprint density at radius 1 is 1.19 bits per heavy atom. The summed E-state index contributed by atoms with van der Waals surface area (Å²) >= 11 is 1.37. The Morgan fingerprint density at radius 3 is 2.44 bits per heavy atom. The van der Waals surface area contributed by atoms with E-state index < -0.39 is 5.97 Å². The lowest BCUT2D eigenvalue weighted by atomic mass is 9.87. The average Bonchev–Trinajstić information content (AvgIpc) is 3.28. The number of rotatable bonds is 7. The zero-order valence-electron chi connectivity index (χ0n) is 19.8. The molecule has 2 fully saturated rings. The fourth-order valence-corrected chi connectivity index (χ4v) is 5.48. The van der Waals surface area contributed by atoms with Crippen molar-refractivity contribution in [3.05, 3.63) is 15.8 Å². The Labute approximate surface area is 195 Å². The van der Waals surface area contributed by atoms with Gasteiger partial charge in [-0.05, 0) is 30.7 Å². The average molecular weight is 465 g/mol. The highest BCUT2D eigenvalue weighted by atomic mass is 32.1. The van der Waals surface area contributed by atoms with Crippen molar-refractivity contribution < 1.29 is 23.9 Å². The van der Waals surface area contributed by atoms with Crippen LogP contribution in [-0.2, 0) is 24.5 Å². The van der Waals surface area contributed by atoms with Gasteiger partial charge in [0.1, 0.15) is 11.4 Å². The highest BCUT2D eigenvalue weighted by molar-refractivity contribution is 7.14. The minimum Gasteiger partial charge on any atom is -0.465 e. The molecule has 2 amide bonds. The molecule has 7 nitrogen and oxygen atoms in total. The molecule has 32 heavy (non-hydrogen) atoms. The van der Waals surface area contributed by atoms with Crippen molar-refractivity contribution in [2.75, 3.05) is 44.9 Å². The van der Waals surface area contributed by atoms with Gasteiger partial charge in [0.05, 0.1) is 26.0 Å². The molecule has 8 heteroatoms. The number of carbonyl (C=O) groups is 3. The molecule has 0 aromatic carbocycles. The molecule has 1 aromatic heterocycles. The fourth-order valence-electron chi connectivity index (χ4n) is 4.23. The van der Waals surface area contributed by atoms with E-state index in [2.05, 4.69) is 20.8 Å². The topological polar surface area (TPSA) is 76.2 Å². The number of anilines is 1. The Kier molecular flexibility index (Phi) is 8.33. The van der Waals surface area contributed by atoms with E-state index in [4.69, 9.17) is 9.47 Å². The molecular weight excluding hydrogens is 428 g/mol. The standard InChI is InChI=1S/C24H36N2O5S/c1-5-24(2,3)19-15-18(21(32-19)23(29)30-4)26(22(28)17-9-7-6-8-10-17)16-20(27)25-11-13-31-14-12-25/h15,17H,5-14,16H2,1-4H3. The summed E-state index contributed by atoms with van der Waals surface area (Å²) in [6.45, 7) is 8.32. The van der Waals surface area contributed by atoms with Gasteiger partial charge in [0.2, 0.25) is 11.8 Å². The van der Waals surface area contributed by atoms with Crippen LogP contribution in [0.5, 0.6) is 0 Å². The monoisotopic (exact) mass is 464 g/mol. The first-order chi connectivity index (χ1) is 15.3. The van der Waals surface area contributed by atoms with E-state index in [0.29, 0.717) is 36.9 Å². The van der Waals surface area contributed by atoms with Gasteiger partial charge in [0.25, 0.3) is 0 Å². The van der Waals surface area contributed by atoms with Crippen LogP contribution in [0.1, 0.15) is 73.8 Å². The molecule has 3 rings (SSSR count). The molecule has 178 valence electrons. The minimum atomic E-state index is -0.469. The number of methoxy groups -OCH3 is 1. The highest BCUT2D eigenvalue weighted by Crippen LogP contribution is 2.40. The van der Waals surface area contributed by atoms with Crippen LogP contribution in [0, 0.1) is 5.92 Å². The quantitative estimate of drug-likeness (QED) is 0.570. The predicted octanol–water partition coefficient (Wildman–Crippen LogP) is 3.99. The lowest BCUT2D eigenvalue weighted by Crippen LogP contribution is -2.48. The van der Waals surface area contributed by atoms with Gasteiger partial charge in [-0.1, -0.05) is 40.0 Å².